The van der Waals surface area contributed by atoms with Crippen LogP contribution in [0, 0.1) is 5.92 Å². The zero-order valence-corrected chi connectivity index (χ0v) is 22.6. The summed E-state index contributed by atoms with van der Waals surface area (Å²) in [5.74, 6) is 0.483. The molecule has 1 fully saturated rings. The number of hydrogen-bond donors (Lipinski definition) is 2. The van der Waals surface area contributed by atoms with Crippen molar-refractivity contribution < 1.29 is 19.4 Å². The van der Waals surface area contributed by atoms with Gasteiger partial charge in [0.15, 0.2) is 0 Å². The van der Waals surface area contributed by atoms with Crippen LogP contribution in [0.4, 0.5) is 4.79 Å². The van der Waals surface area contributed by atoms with Crippen molar-refractivity contribution in [3.8, 4) is 0 Å². The zero-order valence-electron chi connectivity index (χ0n) is 22.6. The molecule has 3 aromatic carbocycles. The van der Waals surface area contributed by atoms with Crippen LogP contribution < -0.4 is 5.32 Å². The summed E-state index contributed by atoms with van der Waals surface area (Å²) in [6.45, 7) is 2.11. The molecule has 0 saturated heterocycles. The molecule has 0 aliphatic heterocycles. The van der Waals surface area contributed by atoms with Crippen LogP contribution in [0.1, 0.15) is 55.2 Å². The Kier molecular flexibility index (Phi) is 10.5. The Morgan fingerprint density at radius 1 is 0.846 bits per heavy atom. The highest BCUT2D eigenvalue weighted by Crippen LogP contribution is 2.59. The summed E-state index contributed by atoms with van der Waals surface area (Å²) in [6.07, 6.45) is 4.04. The molecule has 3 aromatic rings. The second kappa shape index (κ2) is 14.5. The van der Waals surface area contributed by atoms with E-state index in [2.05, 4.69) is 53.8 Å². The van der Waals surface area contributed by atoms with Crippen LogP contribution in [0.15, 0.2) is 91.0 Å². The first-order valence-corrected chi connectivity index (χ1v) is 14.1. The fourth-order valence-corrected chi connectivity index (χ4v) is 5.44. The third-order valence-corrected chi connectivity index (χ3v) is 7.61. The quantitative estimate of drug-likeness (QED) is 0.248. The number of benzene rings is 3. The van der Waals surface area contributed by atoms with Gasteiger partial charge in [0, 0.05) is 38.1 Å². The van der Waals surface area contributed by atoms with Crippen LogP contribution in [-0.4, -0.2) is 48.2 Å². The normalized spacial score (nSPS) is 15.4. The van der Waals surface area contributed by atoms with Gasteiger partial charge in [-0.25, -0.2) is 4.79 Å². The van der Waals surface area contributed by atoms with Crippen LogP contribution in [0.25, 0.3) is 0 Å². The molecular formula is C33H40N2O4. The summed E-state index contributed by atoms with van der Waals surface area (Å²) in [5, 5.41) is 12.2. The minimum absolute atomic E-state index is 0.0684. The van der Waals surface area contributed by atoms with Crippen molar-refractivity contribution in [2.75, 3.05) is 26.2 Å². The van der Waals surface area contributed by atoms with Gasteiger partial charge in [0.2, 0.25) is 5.91 Å². The SMILES string of the molecule is O=C(NCCCCCC(=O)N(CCCO)CC1CC1(c1ccccc1)c1ccccc1)OCc1ccccc1. The molecule has 6 heteroatoms. The number of aliphatic hydroxyl groups is 1. The molecule has 0 spiro atoms. The number of aliphatic hydroxyl groups excluding tert-OH is 1. The summed E-state index contributed by atoms with van der Waals surface area (Å²) >= 11 is 0. The lowest BCUT2D eigenvalue weighted by molar-refractivity contribution is -0.131. The van der Waals surface area contributed by atoms with Gasteiger partial charge >= 0.3 is 6.09 Å². The Morgan fingerprint density at radius 3 is 2.08 bits per heavy atom. The molecule has 1 saturated carbocycles. The standard InChI is InChI=1S/C33H40N2O4/c36-23-13-22-35(25-30-24-33(30,28-16-7-2-8-17-28)29-18-9-3-10-19-29)31(37)20-11-4-12-21-34-32(38)39-26-27-14-5-1-6-15-27/h1-3,5-10,14-19,30,36H,4,11-13,20-26H2,(H,34,38). The van der Waals surface area contributed by atoms with Crippen molar-refractivity contribution in [1.29, 1.82) is 0 Å². The molecular weight excluding hydrogens is 488 g/mol. The van der Waals surface area contributed by atoms with Crippen molar-refractivity contribution in [3.05, 3.63) is 108 Å². The first-order chi connectivity index (χ1) is 19.1. The number of hydrogen-bond acceptors (Lipinski definition) is 4. The summed E-state index contributed by atoms with van der Waals surface area (Å²) in [4.78, 5) is 27.1. The molecule has 6 nitrogen and oxygen atoms in total. The highest BCUT2D eigenvalue weighted by Gasteiger charge is 2.56. The van der Waals surface area contributed by atoms with Crippen LogP contribution in [-0.2, 0) is 21.6 Å². The predicted molar refractivity (Wildman–Crippen MR) is 153 cm³/mol. The average Bonchev–Trinajstić information content (AvgIpc) is 3.72. The fourth-order valence-electron chi connectivity index (χ4n) is 5.44. The highest BCUT2D eigenvalue weighted by atomic mass is 16.5. The smallest absolute Gasteiger partial charge is 0.407 e. The molecule has 0 radical (unpaired) electrons. The van der Waals surface area contributed by atoms with Crippen LogP contribution in [0.5, 0.6) is 0 Å². The second-order valence-corrected chi connectivity index (χ2v) is 10.3. The highest BCUT2D eigenvalue weighted by molar-refractivity contribution is 5.76. The third-order valence-electron chi connectivity index (χ3n) is 7.61. The first-order valence-electron chi connectivity index (χ1n) is 14.1. The van der Waals surface area contributed by atoms with Crippen molar-refractivity contribution in [1.82, 2.24) is 10.2 Å². The molecule has 2 amide bonds. The largest absolute Gasteiger partial charge is 0.445 e. The van der Waals surface area contributed by atoms with E-state index in [4.69, 9.17) is 4.74 Å². The number of amides is 2. The molecule has 2 N–H and O–H groups in total. The van der Waals surface area contributed by atoms with Crippen molar-refractivity contribution >= 4 is 12.0 Å². The fraction of sp³-hybridized carbons (Fsp3) is 0.394. The number of carbonyl (C=O) groups is 2. The third kappa shape index (κ3) is 7.93. The molecule has 39 heavy (non-hydrogen) atoms. The van der Waals surface area contributed by atoms with Crippen LogP contribution in [0.3, 0.4) is 0 Å². The zero-order chi connectivity index (χ0) is 27.3. The van der Waals surface area contributed by atoms with Crippen molar-refractivity contribution in [2.24, 2.45) is 5.92 Å². The molecule has 1 aliphatic rings. The summed E-state index contributed by atoms with van der Waals surface area (Å²) in [5.41, 5.74) is 3.48. The van der Waals surface area contributed by atoms with Gasteiger partial charge in [-0.05, 0) is 48.3 Å². The van der Waals surface area contributed by atoms with Crippen LogP contribution in [0.2, 0.25) is 0 Å². The minimum Gasteiger partial charge on any atom is -0.445 e. The van der Waals surface area contributed by atoms with Gasteiger partial charge in [-0.2, -0.15) is 0 Å². The monoisotopic (exact) mass is 528 g/mol. The lowest BCUT2D eigenvalue weighted by Crippen LogP contribution is -2.35. The van der Waals surface area contributed by atoms with E-state index in [9.17, 15) is 14.7 Å². The number of nitrogens with one attached hydrogen (secondary N) is 1. The molecule has 0 heterocycles. The Labute approximate surface area is 232 Å². The van der Waals surface area contributed by atoms with Gasteiger partial charge in [0.25, 0.3) is 0 Å². The number of ether oxygens (including phenoxy) is 1. The van der Waals surface area contributed by atoms with E-state index in [1.165, 1.54) is 11.1 Å². The minimum atomic E-state index is -0.421. The van der Waals surface area contributed by atoms with E-state index in [0.29, 0.717) is 38.4 Å². The number of rotatable bonds is 15. The van der Waals surface area contributed by atoms with E-state index < -0.39 is 6.09 Å². The molecule has 1 atom stereocenters. The Hall–Kier alpha value is -3.64. The average molecular weight is 529 g/mol. The summed E-state index contributed by atoms with van der Waals surface area (Å²) in [7, 11) is 0. The Balaban J connectivity index is 1.23. The number of carbonyl (C=O) groups excluding carboxylic acids is 2. The van der Waals surface area contributed by atoms with Gasteiger partial charge in [0.1, 0.15) is 6.61 Å². The lowest BCUT2D eigenvalue weighted by atomic mass is 9.85. The first kappa shape index (κ1) is 28.4. The van der Waals surface area contributed by atoms with Crippen molar-refractivity contribution in [3.63, 3.8) is 0 Å². The number of alkyl carbamates (subject to hydrolysis) is 1. The van der Waals surface area contributed by atoms with E-state index in [1.807, 2.05) is 47.4 Å². The molecule has 1 unspecified atom stereocenters. The maximum atomic E-state index is 13.2. The molecule has 206 valence electrons. The maximum absolute atomic E-state index is 13.2. The van der Waals surface area contributed by atoms with Crippen molar-refractivity contribution in [2.45, 2.75) is 50.5 Å². The molecule has 1 aliphatic carbocycles. The van der Waals surface area contributed by atoms with Gasteiger partial charge in [-0.1, -0.05) is 97.4 Å². The molecule has 0 aromatic heterocycles. The Bertz CT molecular complexity index is 1110. The summed E-state index contributed by atoms with van der Waals surface area (Å²) in [6, 6.07) is 30.8. The topological polar surface area (TPSA) is 78.9 Å². The van der Waals surface area contributed by atoms with Gasteiger partial charge in [-0.15, -0.1) is 0 Å². The molecule has 4 rings (SSSR count). The summed E-state index contributed by atoms with van der Waals surface area (Å²) < 4.78 is 5.23. The molecule has 0 bridgehead atoms. The van der Waals surface area contributed by atoms with E-state index in [1.54, 1.807) is 0 Å². The van der Waals surface area contributed by atoms with Gasteiger partial charge < -0.3 is 20.1 Å². The second-order valence-electron chi connectivity index (χ2n) is 10.3. The van der Waals surface area contributed by atoms with Crippen LogP contribution >= 0.6 is 0 Å². The van der Waals surface area contributed by atoms with Gasteiger partial charge in [0.05, 0.1) is 0 Å². The van der Waals surface area contributed by atoms with E-state index in [-0.39, 0.29) is 24.5 Å². The van der Waals surface area contributed by atoms with E-state index >= 15 is 0 Å². The predicted octanol–water partition coefficient (Wildman–Crippen LogP) is 5.69. The number of unbranched alkanes of at least 4 members (excludes halogenated alkanes) is 2. The van der Waals surface area contributed by atoms with E-state index in [0.717, 1.165) is 31.2 Å². The van der Waals surface area contributed by atoms with Gasteiger partial charge in [-0.3, -0.25) is 4.79 Å². The lowest BCUT2D eigenvalue weighted by Gasteiger charge is -2.26. The Morgan fingerprint density at radius 2 is 1.46 bits per heavy atom. The maximum Gasteiger partial charge on any atom is 0.407 e. The number of nitrogens with zero attached hydrogens (tertiary/aromatic N) is 1.